The quantitative estimate of drug-likeness (QED) is 0.246. The summed E-state index contributed by atoms with van der Waals surface area (Å²) >= 11 is -1.85. The van der Waals surface area contributed by atoms with Crippen molar-refractivity contribution in [2.75, 3.05) is 14.2 Å². The third kappa shape index (κ3) is 6.21. The third-order valence-electron chi connectivity index (χ3n) is 6.91. The Hall–Kier alpha value is -1.80. The van der Waals surface area contributed by atoms with E-state index in [0.29, 0.717) is 17.6 Å². The van der Waals surface area contributed by atoms with E-state index in [-0.39, 0.29) is 0 Å². The Morgan fingerprint density at radius 1 is 0.818 bits per heavy atom. The minimum atomic E-state index is -1.85. The van der Waals surface area contributed by atoms with Crippen LogP contribution < -0.4 is 9.47 Å². The summed E-state index contributed by atoms with van der Waals surface area (Å²) < 4.78 is 12.6. The first-order chi connectivity index (χ1) is 15.6. The van der Waals surface area contributed by atoms with Gasteiger partial charge in [-0.15, -0.1) is 0 Å². The van der Waals surface area contributed by atoms with Crippen LogP contribution in [0, 0.1) is 17.7 Å². The van der Waals surface area contributed by atoms with Gasteiger partial charge in [0.15, 0.2) is 0 Å². The van der Waals surface area contributed by atoms with Gasteiger partial charge in [0.2, 0.25) is 0 Å². The summed E-state index contributed by atoms with van der Waals surface area (Å²) in [6.07, 6.45) is -1.12. The summed E-state index contributed by atoms with van der Waals surface area (Å²) in [6.45, 7) is 14.2. The summed E-state index contributed by atoms with van der Waals surface area (Å²) in [5.74, 6) is 10.6. The molecule has 0 atom stereocenters. The molecule has 0 heterocycles. The molecule has 0 N–H and O–H groups in total. The molecule has 0 aromatic heterocycles. The monoisotopic (exact) mass is 552 g/mol. The van der Waals surface area contributed by atoms with Gasteiger partial charge in [-0.2, -0.15) is 0 Å². The van der Waals surface area contributed by atoms with E-state index in [0.717, 1.165) is 17.1 Å². The second kappa shape index (κ2) is 12.1. The van der Waals surface area contributed by atoms with Gasteiger partial charge in [0, 0.05) is 0 Å². The fourth-order valence-electron chi connectivity index (χ4n) is 5.40. The number of hydrogen-bond acceptors (Lipinski definition) is 2. The first kappa shape index (κ1) is 27.4. The predicted molar refractivity (Wildman–Crippen MR) is 148 cm³/mol. The molecule has 0 aliphatic carbocycles. The summed E-state index contributed by atoms with van der Waals surface area (Å²) in [6, 6.07) is 16.8. The standard InChI is InChI=1S/C27H35BO2.2CH3.Sn/c1-20(2)27(19-24-12-10-14-26(18-24)30-8)28(21(3)4,22(5)6)16-15-23-11-9-13-25(17-23)29-7;;;/h9-14,17-18,20-22H,1-8H3;2*1H3;/q-1;;;+1. The molecule has 0 unspecified atom stereocenters. The van der Waals surface area contributed by atoms with Crippen molar-refractivity contribution in [1.82, 2.24) is 0 Å². The van der Waals surface area contributed by atoms with Crippen molar-refractivity contribution in [3.05, 3.63) is 65.1 Å². The van der Waals surface area contributed by atoms with E-state index in [9.17, 15) is 0 Å². The minimum absolute atomic E-state index is 0.422. The van der Waals surface area contributed by atoms with Gasteiger partial charge >= 0.3 is 211 Å². The summed E-state index contributed by atoms with van der Waals surface area (Å²) in [4.78, 5) is 4.99. The number of ether oxygens (including phenoxy) is 2. The van der Waals surface area contributed by atoms with Crippen LogP contribution in [0.15, 0.2) is 54.0 Å². The van der Waals surface area contributed by atoms with Crippen molar-refractivity contribution in [1.29, 1.82) is 0 Å². The van der Waals surface area contributed by atoms with E-state index in [1.165, 1.54) is 5.56 Å². The van der Waals surface area contributed by atoms with E-state index in [2.05, 4.69) is 87.4 Å². The molecule has 2 aromatic rings. The second-order valence-electron chi connectivity index (χ2n) is 10.2. The van der Waals surface area contributed by atoms with E-state index in [1.54, 1.807) is 23.3 Å². The second-order valence-corrected chi connectivity index (χ2v) is 17.3. The molecule has 0 saturated carbocycles. The van der Waals surface area contributed by atoms with Crippen LogP contribution in [0.1, 0.15) is 52.7 Å². The van der Waals surface area contributed by atoms with Gasteiger partial charge in [-0.3, -0.25) is 0 Å². The average molecular weight is 551 g/mol. The number of hydrogen-bond donors (Lipinski definition) is 0. The maximum absolute atomic E-state index is 5.60. The molecular formula is C29H41BO2Sn. The van der Waals surface area contributed by atoms with Crippen LogP contribution in [0.25, 0.3) is 3.59 Å². The number of rotatable bonds is 8. The van der Waals surface area contributed by atoms with Crippen molar-refractivity contribution in [2.24, 2.45) is 5.92 Å². The van der Waals surface area contributed by atoms with Crippen molar-refractivity contribution >= 4 is 29.5 Å². The van der Waals surface area contributed by atoms with Crippen LogP contribution in [-0.2, 0) is 0 Å². The molecule has 4 heteroatoms. The van der Waals surface area contributed by atoms with Gasteiger partial charge in [-0.25, -0.2) is 0 Å². The Morgan fingerprint density at radius 3 is 1.85 bits per heavy atom. The molecule has 0 aliphatic heterocycles. The molecular weight excluding hydrogens is 510 g/mol. The first-order valence-corrected chi connectivity index (χ1v) is 19.2. The van der Waals surface area contributed by atoms with Crippen LogP contribution >= 0.6 is 0 Å². The molecule has 33 heavy (non-hydrogen) atoms. The molecule has 2 rings (SSSR count). The average Bonchev–Trinajstić information content (AvgIpc) is 2.78. The molecule has 176 valence electrons. The van der Waals surface area contributed by atoms with E-state index < -0.39 is 25.9 Å². The van der Waals surface area contributed by atoms with Gasteiger partial charge in [0.05, 0.1) is 0 Å². The van der Waals surface area contributed by atoms with Gasteiger partial charge in [-0.1, -0.05) is 0 Å². The zero-order chi connectivity index (χ0) is 24.8. The predicted octanol–water partition coefficient (Wildman–Crippen LogP) is 7.81. The SMILES string of the molecule is COc1cccc(C#C[B-](/C(=[C](/c2cccc(OC)c2)[Sn+]([CH3])[CH3])C(C)C)(C(C)C)C(C)C)c1. The fourth-order valence-corrected chi connectivity index (χ4v) is 10.6. The summed E-state index contributed by atoms with van der Waals surface area (Å²) in [7, 11) is 3.46. The molecule has 0 amide bonds. The van der Waals surface area contributed by atoms with Crippen LogP contribution in [0.5, 0.6) is 11.5 Å². The molecule has 0 saturated heterocycles. The van der Waals surface area contributed by atoms with Crippen LogP contribution in [0.3, 0.4) is 0 Å². The molecule has 0 bridgehead atoms. The summed E-state index contributed by atoms with van der Waals surface area (Å²) in [5.41, 5.74) is 3.93. The Balaban J connectivity index is 2.91. The van der Waals surface area contributed by atoms with Gasteiger partial charge in [0.1, 0.15) is 0 Å². The first-order valence-electron chi connectivity index (χ1n) is 12.1. The number of benzene rings is 2. The molecule has 2 aromatic carbocycles. The molecule has 0 spiro atoms. The van der Waals surface area contributed by atoms with Crippen LogP contribution in [-0.4, -0.2) is 40.1 Å². The van der Waals surface area contributed by atoms with Crippen molar-refractivity contribution in [2.45, 2.75) is 63.1 Å². The van der Waals surface area contributed by atoms with E-state index in [1.807, 2.05) is 24.3 Å². The third-order valence-corrected chi connectivity index (χ3v) is 11.4. The molecule has 0 radical (unpaired) electrons. The summed E-state index contributed by atoms with van der Waals surface area (Å²) in [5, 5.41) is 0. The Kier molecular flexibility index (Phi) is 10.0. The van der Waals surface area contributed by atoms with E-state index >= 15 is 0 Å². The number of allylic oxidation sites excluding steroid dienone is 1. The molecule has 0 fully saturated rings. The van der Waals surface area contributed by atoms with Crippen molar-refractivity contribution < 1.29 is 9.47 Å². The zero-order valence-electron chi connectivity index (χ0n) is 22.2. The molecule has 0 aliphatic rings. The van der Waals surface area contributed by atoms with Crippen molar-refractivity contribution in [3.63, 3.8) is 0 Å². The fraction of sp³-hybridized carbons (Fsp3) is 0.448. The zero-order valence-corrected chi connectivity index (χ0v) is 25.1. The Morgan fingerprint density at radius 2 is 1.36 bits per heavy atom. The van der Waals surface area contributed by atoms with Crippen LogP contribution in [0.4, 0.5) is 0 Å². The van der Waals surface area contributed by atoms with E-state index in [4.69, 9.17) is 9.47 Å². The Labute approximate surface area is 209 Å². The van der Waals surface area contributed by atoms with Gasteiger partial charge in [0.25, 0.3) is 0 Å². The topological polar surface area (TPSA) is 18.5 Å². The number of methoxy groups -OCH3 is 2. The van der Waals surface area contributed by atoms with Crippen molar-refractivity contribution in [3.8, 4) is 23.2 Å². The maximum atomic E-state index is 5.60. The molecule has 2 nitrogen and oxygen atoms in total. The normalized spacial score (nSPS) is 12.4. The Bertz CT molecular complexity index is 1020. The van der Waals surface area contributed by atoms with Gasteiger partial charge < -0.3 is 0 Å². The van der Waals surface area contributed by atoms with Crippen LogP contribution in [0.2, 0.25) is 21.5 Å². The van der Waals surface area contributed by atoms with Gasteiger partial charge in [-0.05, 0) is 0 Å².